The molecule has 13 heavy (non-hydrogen) atoms. The largest absolute Gasteiger partial charge is 0.103 e. The zero-order valence-corrected chi connectivity index (χ0v) is 11.1. The molecule has 0 N–H and O–H groups in total. The van der Waals surface area contributed by atoms with E-state index in [4.69, 9.17) is 0 Å². The summed E-state index contributed by atoms with van der Waals surface area (Å²) in [6.07, 6.45) is 7.29. The van der Waals surface area contributed by atoms with E-state index in [9.17, 15) is 0 Å². The van der Waals surface area contributed by atoms with Crippen LogP contribution in [0.5, 0.6) is 0 Å². The van der Waals surface area contributed by atoms with Gasteiger partial charge in [0.2, 0.25) is 0 Å². The van der Waals surface area contributed by atoms with Gasteiger partial charge in [0.05, 0.1) is 0 Å². The second-order valence-corrected chi connectivity index (χ2v) is 2.12. The number of rotatable bonds is 3. The molecule has 0 heteroatoms. The fraction of sp³-hybridized carbons (Fsp3) is 0.846. The predicted molar refractivity (Wildman–Crippen MR) is 68.4 cm³/mol. The summed E-state index contributed by atoms with van der Waals surface area (Å²) in [4.78, 5) is 0. The fourth-order valence-electron chi connectivity index (χ4n) is 0.500. The van der Waals surface area contributed by atoms with Crippen LogP contribution in [0.3, 0.4) is 0 Å². The van der Waals surface area contributed by atoms with Crippen LogP contribution in [0.2, 0.25) is 0 Å². The summed E-state index contributed by atoms with van der Waals surface area (Å²) in [6.45, 7) is 17.7. The normalized spacial score (nSPS) is 6.08. The third-order valence-corrected chi connectivity index (χ3v) is 0.957. The van der Waals surface area contributed by atoms with Gasteiger partial charge in [-0.1, -0.05) is 73.3 Å². The molecule has 0 aliphatic carbocycles. The van der Waals surface area contributed by atoms with Crippen molar-refractivity contribution < 1.29 is 0 Å². The van der Waals surface area contributed by atoms with Gasteiger partial charge in [-0.05, 0) is 6.92 Å². The standard InChI is InChI=1S/C6H14.C3H6.2C2H6/c1-3-5-6-4-2;1-3-2;2*1-2/h3-6H2,1-2H3;3H,1H2,2H3;2*1-2H3. The lowest BCUT2D eigenvalue weighted by molar-refractivity contribution is 0.702. The molecule has 84 valence electrons. The lowest BCUT2D eigenvalue weighted by Crippen LogP contribution is -1.66. The first-order valence-electron chi connectivity index (χ1n) is 5.90. The van der Waals surface area contributed by atoms with Gasteiger partial charge in [0.25, 0.3) is 0 Å². The zero-order valence-electron chi connectivity index (χ0n) is 11.1. The van der Waals surface area contributed by atoms with Gasteiger partial charge in [-0.3, -0.25) is 0 Å². The Balaban J connectivity index is -0.0000000493. The molecule has 0 aromatic heterocycles. The summed E-state index contributed by atoms with van der Waals surface area (Å²) in [5.41, 5.74) is 0. The molecular formula is C13H32. The first-order valence-corrected chi connectivity index (χ1v) is 5.90. The minimum Gasteiger partial charge on any atom is -0.103 e. The van der Waals surface area contributed by atoms with Crippen molar-refractivity contribution in [1.29, 1.82) is 0 Å². The van der Waals surface area contributed by atoms with Crippen molar-refractivity contribution >= 4 is 0 Å². The first kappa shape index (κ1) is 23.0. The van der Waals surface area contributed by atoms with Crippen molar-refractivity contribution in [3.05, 3.63) is 12.7 Å². The number of hydrogen-bond donors (Lipinski definition) is 0. The minimum absolute atomic E-state index is 1.36. The van der Waals surface area contributed by atoms with Crippen LogP contribution in [0.4, 0.5) is 0 Å². The number of hydrogen-bond acceptors (Lipinski definition) is 0. The summed E-state index contributed by atoms with van der Waals surface area (Å²) < 4.78 is 0. The van der Waals surface area contributed by atoms with Gasteiger partial charge in [-0.15, -0.1) is 6.58 Å². The topological polar surface area (TPSA) is 0 Å². The second kappa shape index (κ2) is 60.3. The van der Waals surface area contributed by atoms with Gasteiger partial charge in [0.15, 0.2) is 0 Å². The Morgan fingerprint density at radius 3 is 1.08 bits per heavy atom. The molecule has 0 unspecified atom stereocenters. The van der Waals surface area contributed by atoms with Crippen LogP contribution in [-0.2, 0) is 0 Å². The van der Waals surface area contributed by atoms with E-state index in [1.807, 2.05) is 34.6 Å². The van der Waals surface area contributed by atoms with Gasteiger partial charge in [-0.25, -0.2) is 0 Å². The van der Waals surface area contributed by atoms with Crippen molar-refractivity contribution in [2.75, 3.05) is 0 Å². The van der Waals surface area contributed by atoms with Crippen LogP contribution >= 0.6 is 0 Å². The SMILES string of the molecule is C=CC.CC.CC.CCCCCC. The summed E-state index contributed by atoms with van der Waals surface area (Å²) in [5.74, 6) is 0. The van der Waals surface area contributed by atoms with Gasteiger partial charge in [0.1, 0.15) is 0 Å². The lowest BCUT2D eigenvalue weighted by atomic mass is 10.2. The van der Waals surface area contributed by atoms with Crippen LogP contribution in [0.1, 0.15) is 74.1 Å². The maximum absolute atomic E-state index is 3.36. The van der Waals surface area contributed by atoms with Crippen LogP contribution in [-0.4, -0.2) is 0 Å². The van der Waals surface area contributed by atoms with E-state index in [0.29, 0.717) is 0 Å². The third-order valence-electron chi connectivity index (χ3n) is 0.957. The molecule has 0 amide bonds. The van der Waals surface area contributed by atoms with E-state index in [1.165, 1.54) is 25.7 Å². The Kier molecular flexibility index (Phi) is 107. The molecular weight excluding hydrogens is 156 g/mol. The molecule has 0 bridgehead atoms. The molecule has 0 aliphatic heterocycles. The Labute approximate surface area is 87.4 Å². The van der Waals surface area contributed by atoms with E-state index in [2.05, 4.69) is 20.4 Å². The third kappa shape index (κ3) is 148. The van der Waals surface area contributed by atoms with Gasteiger partial charge in [-0.2, -0.15) is 0 Å². The predicted octanol–water partition coefficient (Wildman–Crippen LogP) is 5.83. The first-order chi connectivity index (χ1) is 6.33. The lowest BCUT2D eigenvalue weighted by Gasteiger charge is -1.86. The molecule has 0 rings (SSSR count). The van der Waals surface area contributed by atoms with Crippen LogP contribution in [0.15, 0.2) is 12.7 Å². The highest BCUT2D eigenvalue weighted by molar-refractivity contribution is 4.51. The molecule has 0 atom stereocenters. The molecule has 0 aliphatic rings. The highest BCUT2D eigenvalue weighted by Gasteiger charge is 1.75. The Bertz CT molecular complexity index is 33.3. The summed E-state index contributed by atoms with van der Waals surface area (Å²) in [5, 5.41) is 0. The summed E-state index contributed by atoms with van der Waals surface area (Å²) in [7, 11) is 0. The molecule has 0 fully saturated rings. The molecule has 0 nitrogen and oxygen atoms in total. The number of unbranched alkanes of at least 4 members (excludes halogenated alkanes) is 3. The van der Waals surface area contributed by atoms with Crippen molar-refractivity contribution in [3.8, 4) is 0 Å². The van der Waals surface area contributed by atoms with Crippen LogP contribution in [0, 0.1) is 0 Å². The quantitative estimate of drug-likeness (QED) is 0.386. The molecule has 0 radical (unpaired) electrons. The van der Waals surface area contributed by atoms with Crippen LogP contribution < -0.4 is 0 Å². The van der Waals surface area contributed by atoms with E-state index in [0.717, 1.165) is 0 Å². The highest BCUT2D eigenvalue weighted by atomic mass is 13.8. The second-order valence-electron chi connectivity index (χ2n) is 2.12. The van der Waals surface area contributed by atoms with Crippen molar-refractivity contribution in [1.82, 2.24) is 0 Å². The Morgan fingerprint density at radius 2 is 1.00 bits per heavy atom. The minimum atomic E-state index is 1.36. The monoisotopic (exact) mass is 188 g/mol. The maximum Gasteiger partial charge on any atom is -0.0473 e. The van der Waals surface area contributed by atoms with Crippen molar-refractivity contribution in [2.24, 2.45) is 0 Å². The Morgan fingerprint density at radius 1 is 0.846 bits per heavy atom. The van der Waals surface area contributed by atoms with E-state index < -0.39 is 0 Å². The van der Waals surface area contributed by atoms with Gasteiger partial charge in [0, 0.05) is 0 Å². The molecule has 0 saturated heterocycles. The average Bonchev–Trinajstić information content (AvgIpc) is 2.22. The van der Waals surface area contributed by atoms with E-state index in [1.54, 1.807) is 6.08 Å². The van der Waals surface area contributed by atoms with E-state index in [-0.39, 0.29) is 0 Å². The maximum atomic E-state index is 3.36. The molecule has 0 aromatic carbocycles. The van der Waals surface area contributed by atoms with Crippen molar-refractivity contribution in [2.45, 2.75) is 74.1 Å². The fourth-order valence-corrected chi connectivity index (χ4v) is 0.500. The van der Waals surface area contributed by atoms with Crippen LogP contribution in [0.25, 0.3) is 0 Å². The summed E-state index contributed by atoms with van der Waals surface area (Å²) >= 11 is 0. The van der Waals surface area contributed by atoms with Gasteiger partial charge < -0.3 is 0 Å². The molecule has 0 saturated carbocycles. The zero-order chi connectivity index (χ0) is 11.5. The summed E-state index contributed by atoms with van der Waals surface area (Å²) in [6, 6.07) is 0. The smallest absolute Gasteiger partial charge is 0.0473 e. The molecule has 0 heterocycles. The van der Waals surface area contributed by atoms with Gasteiger partial charge >= 0.3 is 0 Å². The number of allylic oxidation sites excluding steroid dienone is 1. The molecule has 0 aromatic rings. The van der Waals surface area contributed by atoms with Crippen molar-refractivity contribution in [3.63, 3.8) is 0 Å². The average molecular weight is 188 g/mol. The Hall–Kier alpha value is -0.260. The van der Waals surface area contributed by atoms with E-state index >= 15 is 0 Å². The highest BCUT2D eigenvalue weighted by Crippen LogP contribution is 1.95. The molecule has 0 spiro atoms.